The first-order valence-electron chi connectivity index (χ1n) is 4.74. The monoisotopic (exact) mass is 211 g/mol. The van der Waals surface area contributed by atoms with Crippen molar-refractivity contribution in [2.24, 2.45) is 5.73 Å². The lowest BCUT2D eigenvalue weighted by Crippen LogP contribution is -2.31. The number of hydrogen-bond acceptors (Lipinski definition) is 2. The molecule has 1 rings (SSSR count). The summed E-state index contributed by atoms with van der Waals surface area (Å²) in [5.74, 6) is -0.958. The van der Waals surface area contributed by atoms with Crippen LogP contribution in [-0.2, 0) is 10.4 Å². The number of hydrogen-bond donors (Lipinski definition) is 2. The second kappa shape index (κ2) is 4.40. The van der Waals surface area contributed by atoms with Crippen molar-refractivity contribution < 1.29 is 14.3 Å². The lowest BCUT2D eigenvalue weighted by molar-refractivity contribution is -0.123. The molecule has 3 nitrogen and oxygen atoms in total. The molecule has 1 atom stereocenters. The van der Waals surface area contributed by atoms with Gasteiger partial charge in [-0.05, 0) is 24.1 Å². The first-order chi connectivity index (χ1) is 6.98. The van der Waals surface area contributed by atoms with Gasteiger partial charge in [0.05, 0.1) is 12.0 Å². The molecule has 0 aliphatic heterocycles. The highest BCUT2D eigenvalue weighted by atomic mass is 19.1. The van der Waals surface area contributed by atoms with Gasteiger partial charge in [-0.15, -0.1) is 0 Å². The predicted molar refractivity (Wildman–Crippen MR) is 54.4 cm³/mol. The molecule has 82 valence electrons. The Balaban J connectivity index is 3.00. The summed E-state index contributed by atoms with van der Waals surface area (Å²) >= 11 is 0. The van der Waals surface area contributed by atoms with Gasteiger partial charge in [-0.3, -0.25) is 4.79 Å². The van der Waals surface area contributed by atoms with Crippen LogP contribution in [0.15, 0.2) is 24.3 Å². The molecular formula is C11H14FNO2. The molecule has 0 radical (unpaired) electrons. The molecule has 0 spiro atoms. The van der Waals surface area contributed by atoms with Crippen molar-refractivity contribution in [2.45, 2.75) is 25.4 Å². The molecule has 0 heterocycles. The molecule has 1 aromatic carbocycles. The van der Waals surface area contributed by atoms with E-state index in [0.717, 1.165) is 0 Å². The normalized spacial score (nSPS) is 14.6. The van der Waals surface area contributed by atoms with Crippen LogP contribution in [0.1, 0.15) is 25.3 Å². The maximum Gasteiger partial charge on any atom is 0.220 e. The van der Waals surface area contributed by atoms with E-state index in [0.29, 0.717) is 12.0 Å². The van der Waals surface area contributed by atoms with Gasteiger partial charge in [0.25, 0.3) is 0 Å². The molecule has 4 heteroatoms. The number of nitrogens with two attached hydrogens (primary N) is 1. The zero-order chi connectivity index (χ0) is 11.5. The number of halogens is 1. The number of amides is 1. The van der Waals surface area contributed by atoms with E-state index >= 15 is 0 Å². The molecule has 0 fully saturated rings. The van der Waals surface area contributed by atoms with Crippen molar-refractivity contribution in [3.05, 3.63) is 35.6 Å². The van der Waals surface area contributed by atoms with Gasteiger partial charge >= 0.3 is 0 Å². The highest BCUT2D eigenvalue weighted by Crippen LogP contribution is 2.28. The van der Waals surface area contributed by atoms with Crippen molar-refractivity contribution in [3.63, 3.8) is 0 Å². The number of aliphatic hydroxyl groups is 1. The molecule has 0 aliphatic rings. The average molecular weight is 211 g/mol. The second-order valence-electron chi connectivity index (χ2n) is 3.54. The van der Waals surface area contributed by atoms with Crippen LogP contribution in [0.3, 0.4) is 0 Å². The minimum absolute atomic E-state index is 0.158. The Morgan fingerprint density at radius 3 is 2.40 bits per heavy atom. The van der Waals surface area contributed by atoms with E-state index in [9.17, 15) is 14.3 Å². The summed E-state index contributed by atoms with van der Waals surface area (Å²) in [6.45, 7) is 1.74. The number of carbonyl (C=O) groups excluding carboxylic acids is 1. The average Bonchev–Trinajstić information content (AvgIpc) is 2.17. The van der Waals surface area contributed by atoms with Crippen LogP contribution < -0.4 is 5.73 Å². The quantitative estimate of drug-likeness (QED) is 0.788. The minimum atomic E-state index is -1.29. The summed E-state index contributed by atoms with van der Waals surface area (Å²) in [7, 11) is 0. The van der Waals surface area contributed by atoms with E-state index in [1.54, 1.807) is 6.92 Å². The predicted octanol–water partition coefficient (Wildman–Crippen LogP) is 1.30. The smallest absolute Gasteiger partial charge is 0.220 e. The van der Waals surface area contributed by atoms with E-state index in [4.69, 9.17) is 5.73 Å². The van der Waals surface area contributed by atoms with Crippen molar-refractivity contribution in [2.75, 3.05) is 0 Å². The zero-order valence-corrected chi connectivity index (χ0v) is 8.53. The Hall–Kier alpha value is -1.42. The van der Waals surface area contributed by atoms with Crippen molar-refractivity contribution in [3.8, 4) is 0 Å². The lowest BCUT2D eigenvalue weighted by Gasteiger charge is -2.25. The summed E-state index contributed by atoms with van der Waals surface area (Å²) in [5, 5.41) is 10.1. The number of primary amides is 1. The van der Waals surface area contributed by atoms with Crippen molar-refractivity contribution in [1.29, 1.82) is 0 Å². The van der Waals surface area contributed by atoms with Gasteiger partial charge in [0.2, 0.25) is 5.91 Å². The van der Waals surface area contributed by atoms with Crippen LogP contribution in [0.2, 0.25) is 0 Å². The molecule has 0 aliphatic carbocycles. The minimum Gasteiger partial charge on any atom is -0.385 e. The third kappa shape index (κ3) is 2.76. The third-order valence-corrected chi connectivity index (χ3v) is 2.43. The van der Waals surface area contributed by atoms with Gasteiger partial charge < -0.3 is 10.8 Å². The van der Waals surface area contributed by atoms with Gasteiger partial charge in [0.15, 0.2) is 0 Å². The molecule has 0 saturated heterocycles. The third-order valence-electron chi connectivity index (χ3n) is 2.43. The van der Waals surface area contributed by atoms with Crippen LogP contribution >= 0.6 is 0 Å². The fraction of sp³-hybridized carbons (Fsp3) is 0.364. The van der Waals surface area contributed by atoms with Gasteiger partial charge in [-0.1, -0.05) is 19.1 Å². The topological polar surface area (TPSA) is 63.3 Å². The SMILES string of the molecule is CC[C@@](O)(CC(N)=O)c1ccc(F)cc1. The van der Waals surface area contributed by atoms with E-state index in [-0.39, 0.29) is 12.2 Å². The molecule has 15 heavy (non-hydrogen) atoms. The second-order valence-corrected chi connectivity index (χ2v) is 3.54. The Labute approximate surface area is 87.7 Å². The van der Waals surface area contributed by atoms with Gasteiger partial charge in [0, 0.05) is 0 Å². The molecule has 1 aromatic rings. The maximum atomic E-state index is 12.7. The summed E-state index contributed by atoms with van der Waals surface area (Å²) < 4.78 is 12.7. The van der Waals surface area contributed by atoms with Crippen LogP contribution in [0.4, 0.5) is 4.39 Å². The van der Waals surface area contributed by atoms with Gasteiger partial charge in [-0.25, -0.2) is 4.39 Å². The molecule has 3 N–H and O–H groups in total. The Morgan fingerprint density at radius 2 is 2.00 bits per heavy atom. The largest absolute Gasteiger partial charge is 0.385 e. The fourth-order valence-corrected chi connectivity index (χ4v) is 1.48. The molecular weight excluding hydrogens is 197 g/mol. The van der Waals surface area contributed by atoms with E-state index in [1.807, 2.05) is 0 Å². The van der Waals surface area contributed by atoms with Crippen LogP contribution in [0.25, 0.3) is 0 Å². The fourth-order valence-electron chi connectivity index (χ4n) is 1.48. The van der Waals surface area contributed by atoms with E-state index < -0.39 is 11.5 Å². The molecule has 1 amide bonds. The summed E-state index contributed by atoms with van der Waals surface area (Å²) in [6.07, 6.45) is 0.191. The number of rotatable bonds is 4. The van der Waals surface area contributed by atoms with Gasteiger partial charge in [0.1, 0.15) is 5.82 Å². The highest BCUT2D eigenvalue weighted by Gasteiger charge is 2.29. The molecule has 0 aromatic heterocycles. The first-order valence-corrected chi connectivity index (χ1v) is 4.74. The molecule has 0 saturated carbocycles. The van der Waals surface area contributed by atoms with Gasteiger partial charge in [-0.2, -0.15) is 0 Å². The van der Waals surface area contributed by atoms with Crippen molar-refractivity contribution >= 4 is 5.91 Å². The van der Waals surface area contributed by atoms with Crippen molar-refractivity contribution in [1.82, 2.24) is 0 Å². The Bertz CT molecular complexity index is 350. The van der Waals surface area contributed by atoms with Crippen LogP contribution in [0.5, 0.6) is 0 Å². The Kier molecular flexibility index (Phi) is 3.42. The van der Waals surface area contributed by atoms with Crippen LogP contribution in [0, 0.1) is 5.82 Å². The van der Waals surface area contributed by atoms with E-state index in [2.05, 4.69) is 0 Å². The Morgan fingerprint density at radius 1 is 1.47 bits per heavy atom. The maximum absolute atomic E-state index is 12.7. The summed E-state index contributed by atoms with van der Waals surface area (Å²) in [4.78, 5) is 10.8. The number of benzene rings is 1. The van der Waals surface area contributed by atoms with E-state index in [1.165, 1.54) is 24.3 Å². The van der Waals surface area contributed by atoms with Crippen LogP contribution in [-0.4, -0.2) is 11.0 Å². The molecule has 0 bridgehead atoms. The number of carbonyl (C=O) groups is 1. The summed E-state index contributed by atoms with van der Waals surface area (Å²) in [5.41, 5.74) is 4.26. The first kappa shape index (κ1) is 11.7. The summed E-state index contributed by atoms with van der Waals surface area (Å²) in [6, 6.07) is 5.41. The lowest BCUT2D eigenvalue weighted by atomic mass is 9.88. The molecule has 0 unspecified atom stereocenters. The zero-order valence-electron chi connectivity index (χ0n) is 8.53. The highest BCUT2D eigenvalue weighted by molar-refractivity contribution is 5.75. The standard InChI is InChI=1S/C11H14FNO2/c1-2-11(15,7-10(13)14)8-3-5-9(12)6-4-8/h3-6,15H,2,7H2,1H3,(H2,13,14)/t11-/m1/s1.